The number of primary amides is 1. The number of carbonyl (C=O) groups excluding carboxylic acids is 2. The number of aromatic nitrogens is 1. The Morgan fingerprint density at radius 2 is 1.85 bits per heavy atom. The van der Waals surface area contributed by atoms with Crippen molar-refractivity contribution in [1.29, 1.82) is 0 Å². The molecule has 0 saturated carbocycles. The maximum Gasteiger partial charge on any atom is 0.267 e. The van der Waals surface area contributed by atoms with Crippen molar-refractivity contribution in [2.75, 3.05) is 18.6 Å². The first kappa shape index (κ1) is 24.6. The smallest absolute Gasteiger partial charge is 0.267 e. The van der Waals surface area contributed by atoms with E-state index in [-0.39, 0.29) is 29.4 Å². The van der Waals surface area contributed by atoms with Crippen molar-refractivity contribution in [3.63, 3.8) is 0 Å². The van der Waals surface area contributed by atoms with Gasteiger partial charge in [-0.05, 0) is 64.6 Å². The van der Waals surface area contributed by atoms with Crippen molar-refractivity contribution in [1.82, 2.24) is 4.98 Å². The van der Waals surface area contributed by atoms with Crippen LogP contribution in [0.2, 0.25) is 0 Å². The number of hydrogen-bond acceptors (Lipinski definition) is 5. The number of amides is 2. The van der Waals surface area contributed by atoms with Crippen molar-refractivity contribution in [3.05, 3.63) is 94.6 Å². The third kappa shape index (κ3) is 4.00. The number of benzene rings is 3. The van der Waals surface area contributed by atoms with Gasteiger partial charge in [0.25, 0.3) is 11.8 Å². The molecule has 0 atom stereocenters. The molecule has 2 amide bonds. The third-order valence-electron chi connectivity index (χ3n) is 7.28. The van der Waals surface area contributed by atoms with Crippen LogP contribution in [0.5, 0.6) is 11.5 Å². The molecular formula is C31H26FN3O4. The lowest BCUT2D eigenvalue weighted by atomic mass is 9.94. The minimum Gasteiger partial charge on any atom is -0.497 e. The zero-order valence-electron chi connectivity index (χ0n) is 21.6. The summed E-state index contributed by atoms with van der Waals surface area (Å²) in [6.07, 6.45) is 2.80. The van der Waals surface area contributed by atoms with Gasteiger partial charge in [-0.25, -0.2) is 4.39 Å². The molecule has 0 saturated heterocycles. The summed E-state index contributed by atoms with van der Waals surface area (Å²) in [6, 6.07) is 16.0. The highest BCUT2D eigenvalue weighted by Crippen LogP contribution is 2.46. The van der Waals surface area contributed by atoms with Crippen molar-refractivity contribution in [2.24, 2.45) is 5.73 Å². The zero-order valence-corrected chi connectivity index (χ0v) is 21.6. The normalized spacial score (nSPS) is 13.2. The maximum atomic E-state index is 16.3. The molecule has 196 valence electrons. The molecule has 0 bridgehead atoms. The molecule has 1 aliphatic heterocycles. The molecule has 4 aromatic rings. The quantitative estimate of drug-likeness (QED) is 0.303. The number of anilines is 1. The largest absolute Gasteiger partial charge is 0.497 e. The van der Waals surface area contributed by atoms with E-state index >= 15 is 4.39 Å². The lowest BCUT2D eigenvalue weighted by molar-refractivity contribution is 0.0987. The predicted molar refractivity (Wildman–Crippen MR) is 146 cm³/mol. The molecule has 39 heavy (non-hydrogen) atoms. The van der Waals surface area contributed by atoms with Gasteiger partial charge in [0.05, 0.1) is 25.9 Å². The number of carbonyl (C=O) groups is 2. The number of rotatable bonds is 7. The summed E-state index contributed by atoms with van der Waals surface area (Å²) in [5, 5.41) is 0. The minimum absolute atomic E-state index is 0.164. The second-order valence-corrected chi connectivity index (χ2v) is 9.64. The molecule has 0 unspecified atom stereocenters. The lowest BCUT2D eigenvalue weighted by Crippen LogP contribution is -2.24. The summed E-state index contributed by atoms with van der Waals surface area (Å²) in [4.78, 5) is 31.3. The van der Waals surface area contributed by atoms with Crippen molar-refractivity contribution in [2.45, 2.75) is 26.3 Å². The second-order valence-electron chi connectivity index (χ2n) is 9.64. The number of pyridine rings is 1. The van der Waals surface area contributed by atoms with Gasteiger partial charge < -0.3 is 20.1 Å². The fraction of sp³-hybridized carbons (Fsp3) is 0.194. The molecule has 1 aromatic heterocycles. The van der Waals surface area contributed by atoms with E-state index in [9.17, 15) is 9.59 Å². The topological polar surface area (TPSA) is 94.8 Å². The molecule has 2 N–H and O–H groups in total. The van der Waals surface area contributed by atoms with Crippen LogP contribution in [0.4, 0.5) is 10.1 Å². The van der Waals surface area contributed by atoms with E-state index in [2.05, 4.69) is 4.98 Å². The molecule has 3 aromatic carbocycles. The highest BCUT2D eigenvalue weighted by atomic mass is 19.1. The fourth-order valence-corrected chi connectivity index (χ4v) is 5.45. The van der Waals surface area contributed by atoms with Gasteiger partial charge in [0.1, 0.15) is 17.2 Å². The van der Waals surface area contributed by atoms with Crippen LogP contribution in [0.1, 0.15) is 50.9 Å². The zero-order chi connectivity index (χ0) is 27.3. The number of ether oxygens (including phenoxy) is 2. The predicted octanol–water partition coefficient (Wildman–Crippen LogP) is 5.52. The first-order valence-electron chi connectivity index (χ1n) is 12.8. The molecule has 8 heteroatoms. The Bertz CT molecular complexity index is 1670. The number of fused-ring (bicyclic) bond motifs is 4. The van der Waals surface area contributed by atoms with Gasteiger partial charge >= 0.3 is 0 Å². The lowest BCUT2D eigenvalue weighted by Gasteiger charge is -2.19. The molecule has 7 nitrogen and oxygen atoms in total. The summed E-state index contributed by atoms with van der Waals surface area (Å²) in [6.45, 7) is 2.88. The third-order valence-corrected chi connectivity index (χ3v) is 7.28. The summed E-state index contributed by atoms with van der Waals surface area (Å²) in [7, 11) is 1.54. The number of nitrogens with two attached hydrogens (primary N) is 1. The number of nitrogens with zero attached hydrogens (tertiary/aromatic N) is 2. The van der Waals surface area contributed by atoms with Crippen molar-refractivity contribution >= 4 is 17.5 Å². The monoisotopic (exact) mass is 523 g/mol. The molecule has 0 spiro atoms. The van der Waals surface area contributed by atoms with Crippen LogP contribution in [0, 0.1) is 5.82 Å². The van der Waals surface area contributed by atoms with Crippen LogP contribution in [-0.2, 0) is 13.0 Å². The van der Waals surface area contributed by atoms with Crippen LogP contribution in [0.15, 0.2) is 60.8 Å². The Kier molecular flexibility index (Phi) is 6.02. The molecule has 2 aliphatic rings. The molecule has 1 aliphatic carbocycles. The first-order valence-corrected chi connectivity index (χ1v) is 12.8. The minimum atomic E-state index is -0.641. The highest BCUT2D eigenvalue weighted by Gasteiger charge is 2.33. The Hall–Kier alpha value is -4.72. The molecule has 2 heterocycles. The van der Waals surface area contributed by atoms with Gasteiger partial charge in [-0.3, -0.25) is 14.6 Å². The molecule has 0 fully saturated rings. The van der Waals surface area contributed by atoms with E-state index in [0.717, 1.165) is 28.9 Å². The van der Waals surface area contributed by atoms with E-state index in [1.54, 1.807) is 30.3 Å². The summed E-state index contributed by atoms with van der Waals surface area (Å²) in [5.74, 6) is -0.181. The van der Waals surface area contributed by atoms with Crippen LogP contribution >= 0.6 is 0 Å². The van der Waals surface area contributed by atoms with Crippen molar-refractivity contribution < 1.29 is 23.5 Å². The van der Waals surface area contributed by atoms with Crippen LogP contribution in [0.25, 0.3) is 22.3 Å². The van der Waals surface area contributed by atoms with E-state index < -0.39 is 11.7 Å². The van der Waals surface area contributed by atoms with E-state index in [4.69, 9.17) is 15.2 Å². The van der Waals surface area contributed by atoms with Gasteiger partial charge in [-0.15, -0.1) is 0 Å². The Balaban J connectivity index is 1.46. The highest BCUT2D eigenvalue weighted by molar-refractivity contribution is 6.10. The van der Waals surface area contributed by atoms with Gasteiger partial charge in [-0.2, -0.15) is 0 Å². The average molecular weight is 524 g/mol. The van der Waals surface area contributed by atoms with E-state index in [1.807, 2.05) is 31.2 Å². The van der Waals surface area contributed by atoms with Gasteiger partial charge in [0, 0.05) is 29.3 Å². The van der Waals surface area contributed by atoms with E-state index in [1.165, 1.54) is 18.2 Å². The van der Waals surface area contributed by atoms with Crippen LogP contribution < -0.4 is 20.1 Å². The summed E-state index contributed by atoms with van der Waals surface area (Å²) in [5.41, 5.74) is 11.3. The average Bonchev–Trinajstić information content (AvgIpc) is 3.48. The Labute approximate surface area is 225 Å². The number of halogens is 1. The first-order chi connectivity index (χ1) is 18.9. The SMILES string of the molecule is CCCOc1ccc2c(c1)Cc1c(C(N)=O)ncc(-c3cccc(N4Cc5ccc(OC)cc5C4=O)c3F)c1-2. The molecule has 6 rings (SSSR count). The number of methoxy groups -OCH3 is 1. The van der Waals surface area contributed by atoms with Gasteiger partial charge in [-0.1, -0.05) is 31.2 Å². The standard InChI is InChI=1S/C31H26FN3O4/c1-3-11-39-20-9-10-21-18(12-20)13-24-27(21)25(15-34-29(24)30(33)36)22-5-4-6-26(28(22)32)35-16-17-7-8-19(38-2)14-23(17)31(35)37/h4-10,12,14-15H,3,11,13,16H2,1-2H3,(H2,33,36). The van der Waals surface area contributed by atoms with Crippen LogP contribution in [0.3, 0.4) is 0 Å². The Morgan fingerprint density at radius 3 is 2.62 bits per heavy atom. The van der Waals surface area contributed by atoms with E-state index in [0.29, 0.717) is 41.0 Å². The van der Waals surface area contributed by atoms with Crippen molar-refractivity contribution in [3.8, 4) is 33.8 Å². The molecular weight excluding hydrogens is 497 g/mol. The molecule has 0 radical (unpaired) electrons. The second kappa shape index (κ2) is 9.54. The Morgan fingerprint density at radius 1 is 1.03 bits per heavy atom. The van der Waals surface area contributed by atoms with Crippen LogP contribution in [-0.4, -0.2) is 30.5 Å². The summed E-state index contributed by atoms with van der Waals surface area (Å²) < 4.78 is 27.4. The number of hydrogen-bond donors (Lipinski definition) is 1. The fourth-order valence-electron chi connectivity index (χ4n) is 5.45. The van der Waals surface area contributed by atoms with Gasteiger partial charge in [0.2, 0.25) is 0 Å². The summed E-state index contributed by atoms with van der Waals surface area (Å²) >= 11 is 0. The van der Waals surface area contributed by atoms with Gasteiger partial charge in [0.15, 0.2) is 5.82 Å². The maximum absolute atomic E-state index is 16.3.